The van der Waals surface area contributed by atoms with E-state index in [0.717, 1.165) is 40.2 Å². The first-order chi connectivity index (χ1) is 16.8. The van der Waals surface area contributed by atoms with Crippen molar-refractivity contribution >= 4 is 17.4 Å². The van der Waals surface area contributed by atoms with Crippen LogP contribution < -0.4 is 5.32 Å². The zero-order chi connectivity index (χ0) is 24.9. The lowest BCUT2D eigenvalue weighted by Gasteiger charge is -2.20. The first kappa shape index (κ1) is 24.1. The second kappa shape index (κ2) is 10.5. The van der Waals surface area contributed by atoms with Gasteiger partial charge in [-0.2, -0.15) is 5.10 Å². The third-order valence-corrected chi connectivity index (χ3v) is 6.41. The molecule has 0 radical (unpaired) electrons. The lowest BCUT2D eigenvalue weighted by molar-refractivity contribution is -0.119. The summed E-state index contributed by atoms with van der Waals surface area (Å²) in [4.78, 5) is 26.8. The van der Waals surface area contributed by atoms with Crippen LogP contribution in [0, 0.1) is 27.7 Å². The Labute approximate surface area is 206 Å². The summed E-state index contributed by atoms with van der Waals surface area (Å²) in [5.41, 5.74) is 7.44. The molecule has 4 rings (SSSR count). The first-order valence-corrected chi connectivity index (χ1v) is 11.9. The van der Waals surface area contributed by atoms with E-state index in [4.69, 9.17) is 5.10 Å². The Hall–Kier alpha value is -3.99. The molecule has 1 heterocycles. The number of rotatable bonds is 8. The molecule has 3 aromatic carbocycles. The molecule has 0 spiro atoms. The van der Waals surface area contributed by atoms with E-state index in [9.17, 15) is 9.59 Å². The molecule has 1 amide bonds. The molecule has 0 saturated carbocycles. The van der Waals surface area contributed by atoms with Crippen LogP contribution in [0.4, 0.5) is 5.69 Å². The summed E-state index contributed by atoms with van der Waals surface area (Å²) >= 11 is 0. The number of carbonyl (C=O) groups excluding carboxylic acids is 2. The van der Waals surface area contributed by atoms with Gasteiger partial charge >= 0.3 is 0 Å². The number of amides is 1. The number of hydrogen-bond donors (Lipinski definition) is 1. The van der Waals surface area contributed by atoms with Crippen molar-refractivity contribution in [2.24, 2.45) is 0 Å². The van der Waals surface area contributed by atoms with Crippen LogP contribution in [0.1, 0.15) is 56.5 Å². The van der Waals surface area contributed by atoms with E-state index in [-0.39, 0.29) is 18.1 Å². The first-order valence-electron chi connectivity index (χ1n) is 11.9. The molecule has 178 valence electrons. The fourth-order valence-electron chi connectivity index (χ4n) is 4.43. The Kier molecular flexibility index (Phi) is 7.25. The normalized spacial score (nSPS) is 11.8. The minimum absolute atomic E-state index is 0.0213. The van der Waals surface area contributed by atoms with Crippen molar-refractivity contribution in [3.8, 4) is 0 Å². The number of aryl methyl sites for hydroxylation is 3. The van der Waals surface area contributed by atoms with Crippen LogP contribution >= 0.6 is 0 Å². The highest BCUT2D eigenvalue weighted by Crippen LogP contribution is 2.26. The quantitative estimate of drug-likeness (QED) is 0.317. The van der Waals surface area contributed by atoms with Gasteiger partial charge in [-0.05, 0) is 44.9 Å². The molecule has 0 fully saturated rings. The third-order valence-electron chi connectivity index (χ3n) is 6.41. The van der Waals surface area contributed by atoms with Gasteiger partial charge in [-0.1, -0.05) is 78.4 Å². The van der Waals surface area contributed by atoms with Gasteiger partial charge in [-0.15, -0.1) is 0 Å². The fraction of sp³-hybridized carbons (Fsp3) is 0.233. The maximum atomic E-state index is 13.6. The molecule has 0 aliphatic carbocycles. The minimum atomic E-state index is -0.772. The van der Waals surface area contributed by atoms with Crippen LogP contribution in [0.3, 0.4) is 0 Å². The van der Waals surface area contributed by atoms with Gasteiger partial charge in [0.1, 0.15) is 6.04 Å². The smallest absolute Gasteiger partial charge is 0.249 e. The van der Waals surface area contributed by atoms with Crippen molar-refractivity contribution < 1.29 is 9.59 Å². The van der Waals surface area contributed by atoms with E-state index in [1.807, 2.05) is 82.3 Å². The van der Waals surface area contributed by atoms with E-state index in [0.29, 0.717) is 5.56 Å². The zero-order valence-corrected chi connectivity index (χ0v) is 20.7. The molecule has 35 heavy (non-hydrogen) atoms. The van der Waals surface area contributed by atoms with E-state index >= 15 is 0 Å². The van der Waals surface area contributed by atoms with Crippen LogP contribution in [-0.4, -0.2) is 21.5 Å². The lowest BCUT2D eigenvalue weighted by Crippen LogP contribution is -2.30. The summed E-state index contributed by atoms with van der Waals surface area (Å²) in [7, 11) is 0. The topological polar surface area (TPSA) is 64.0 Å². The van der Waals surface area contributed by atoms with Crippen LogP contribution in [0.2, 0.25) is 0 Å². The Bertz CT molecular complexity index is 1340. The molecule has 1 N–H and O–H groups in total. The third kappa shape index (κ3) is 5.57. The predicted molar refractivity (Wildman–Crippen MR) is 140 cm³/mol. The van der Waals surface area contributed by atoms with Gasteiger partial charge in [-0.25, -0.2) is 0 Å². The molecule has 0 bridgehead atoms. The number of ketones is 1. The maximum absolute atomic E-state index is 13.6. The summed E-state index contributed by atoms with van der Waals surface area (Å²) in [6.07, 6.45) is 0.740. The van der Waals surface area contributed by atoms with Crippen molar-refractivity contribution in [2.45, 2.75) is 46.6 Å². The molecular formula is C30H31N3O2. The van der Waals surface area contributed by atoms with Crippen molar-refractivity contribution in [2.75, 3.05) is 5.32 Å². The fourth-order valence-corrected chi connectivity index (χ4v) is 4.43. The molecule has 5 heteroatoms. The largest absolute Gasteiger partial charge is 0.324 e. The molecule has 0 saturated heterocycles. The zero-order valence-electron chi connectivity index (χ0n) is 20.7. The van der Waals surface area contributed by atoms with Gasteiger partial charge in [0.05, 0.1) is 5.69 Å². The van der Waals surface area contributed by atoms with Gasteiger partial charge in [0, 0.05) is 35.3 Å². The van der Waals surface area contributed by atoms with Crippen LogP contribution in [0.15, 0.2) is 78.9 Å². The number of anilines is 1. The monoisotopic (exact) mass is 465 g/mol. The van der Waals surface area contributed by atoms with Crippen molar-refractivity contribution in [1.82, 2.24) is 9.78 Å². The van der Waals surface area contributed by atoms with E-state index in [1.54, 1.807) is 16.8 Å². The van der Waals surface area contributed by atoms with Crippen molar-refractivity contribution in [3.63, 3.8) is 0 Å². The number of aromatic nitrogens is 2. The lowest BCUT2D eigenvalue weighted by atomic mass is 10.0. The number of carbonyl (C=O) groups is 2. The Balaban J connectivity index is 1.69. The number of hydrogen-bond acceptors (Lipinski definition) is 3. The highest BCUT2D eigenvalue weighted by atomic mass is 16.2. The van der Waals surface area contributed by atoms with Crippen LogP contribution in [-0.2, 0) is 11.2 Å². The Morgan fingerprint density at radius 3 is 2.20 bits per heavy atom. The minimum Gasteiger partial charge on any atom is -0.324 e. The summed E-state index contributed by atoms with van der Waals surface area (Å²) in [5.74, 6) is -0.346. The summed E-state index contributed by atoms with van der Waals surface area (Å²) < 4.78 is 1.73. The summed E-state index contributed by atoms with van der Waals surface area (Å²) in [5, 5.41) is 7.80. The van der Waals surface area contributed by atoms with Crippen LogP contribution in [0.5, 0.6) is 0 Å². The van der Waals surface area contributed by atoms with E-state index < -0.39 is 6.04 Å². The highest BCUT2D eigenvalue weighted by molar-refractivity contribution is 6.02. The number of Topliss-reactive ketones (excluding diaryl/α,β-unsaturated/α-hetero) is 1. The SMILES string of the molecule is Cc1ccc(NC(=O)[C@@H](CC(=O)c2ccccc2)n2nc(C)c(Cc3ccccc3)c2C)c(C)c1. The average Bonchev–Trinajstić information content (AvgIpc) is 3.13. The summed E-state index contributed by atoms with van der Waals surface area (Å²) in [6.45, 7) is 7.92. The second-order valence-corrected chi connectivity index (χ2v) is 9.07. The Morgan fingerprint density at radius 2 is 1.54 bits per heavy atom. The molecular weight excluding hydrogens is 434 g/mol. The van der Waals surface area contributed by atoms with Crippen molar-refractivity contribution in [3.05, 3.63) is 118 Å². The number of benzene rings is 3. The van der Waals surface area contributed by atoms with Gasteiger partial charge in [0.2, 0.25) is 5.91 Å². The second-order valence-electron chi connectivity index (χ2n) is 9.07. The van der Waals surface area contributed by atoms with Gasteiger partial charge in [-0.3, -0.25) is 14.3 Å². The number of nitrogens with one attached hydrogen (secondary N) is 1. The van der Waals surface area contributed by atoms with Gasteiger partial charge in [0.15, 0.2) is 5.78 Å². The highest BCUT2D eigenvalue weighted by Gasteiger charge is 2.28. The molecule has 4 aromatic rings. The molecule has 0 aliphatic heterocycles. The Morgan fingerprint density at radius 1 is 0.886 bits per heavy atom. The molecule has 1 atom stereocenters. The number of nitrogens with zero attached hydrogens (tertiary/aromatic N) is 2. The predicted octanol–water partition coefficient (Wildman–Crippen LogP) is 6.16. The summed E-state index contributed by atoms with van der Waals surface area (Å²) in [6, 6.07) is 24.4. The standard InChI is InChI=1S/C30H31N3O2/c1-20-15-16-27(21(2)17-20)31-30(35)28(19-29(34)25-13-9-6-10-14-25)33-23(4)26(22(3)32-33)18-24-11-7-5-8-12-24/h5-17,28H,18-19H2,1-4H3,(H,31,35)/t28-/m1/s1. The molecule has 1 aromatic heterocycles. The van der Waals surface area contributed by atoms with E-state index in [1.165, 1.54) is 5.56 Å². The van der Waals surface area contributed by atoms with E-state index in [2.05, 4.69) is 17.4 Å². The molecule has 5 nitrogen and oxygen atoms in total. The van der Waals surface area contributed by atoms with Crippen molar-refractivity contribution in [1.29, 1.82) is 0 Å². The molecule has 0 aliphatic rings. The van der Waals surface area contributed by atoms with Gasteiger partial charge in [0.25, 0.3) is 0 Å². The van der Waals surface area contributed by atoms with Gasteiger partial charge < -0.3 is 5.32 Å². The molecule has 0 unspecified atom stereocenters. The van der Waals surface area contributed by atoms with Crippen LogP contribution in [0.25, 0.3) is 0 Å². The average molecular weight is 466 g/mol. The maximum Gasteiger partial charge on any atom is 0.249 e.